The minimum atomic E-state index is -0.927. The zero-order valence-electron chi connectivity index (χ0n) is 8.10. The third-order valence-electron chi connectivity index (χ3n) is 1.86. The Balaban J connectivity index is 3.55. The van der Waals surface area contributed by atoms with Gasteiger partial charge < -0.3 is 4.74 Å². The second kappa shape index (κ2) is 4.71. The van der Waals surface area contributed by atoms with Crippen molar-refractivity contribution in [2.45, 2.75) is 0 Å². The molecule has 7 heteroatoms. The van der Waals surface area contributed by atoms with Gasteiger partial charge in [-0.1, -0.05) is 0 Å². The largest absolute Gasteiger partial charge is 0.495 e. The molecule has 0 bridgehead atoms. The van der Waals surface area contributed by atoms with Crippen molar-refractivity contribution in [3.63, 3.8) is 0 Å². The molecule has 0 aliphatic rings. The number of aldehydes is 1. The summed E-state index contributed by atoms with van der Waals surface area (Å²) in [6.45, 7) is 0. The molecule has 0 aliphatic carbocycles. The van der Waals surface area contributed by atoms with E-state index in [4.69, 9.17) is 16.3 Å². The predicted octanol–water partition coefficient (Wildman–Crippen LogP) is 1.79. The first-order valence-corrected chi connectivity index (χ1v) is 4.40. The lowest BCUT2D eigenvalue weighted by molar-refractivity contribution is -0.384. The molecule has 0 radical (unpaired) electrons. The van der Waals surface area contributed by atoms with Gasteiger partial charge in [0.2, 0.25) is 0 Å². The molecule has 0 heterocycles. The first kappa shape index (κ1) is 12.1. The van der Waals surface area contributed by atoms with Crippen LogP contribution in [0.1, 0.15) is 20.7 Å². The number of methoxy groups -OCH3 is 1. The van der Waals surface area contributed by atoms with Crippen molar-refractivity contribution in [3.8, 4) is 5.75 Å². The topological polar surface area (TPSA) is 86.5 Å². The van der Waals surface area contributed by atoms with Gasteiger partial charge >= 0.3 is 0 Å². The molecule has 0 saturated heterocycles. The van der Waals surface area contributed by atoms with E-state index < -0.39 is 15.9 Å². The summed E-state index contributed by atoms with van der Waals surface area (Å²) in [5, 5.41) is 9.61. The van der Waals surface area contributed by atoms with E-state index >= 15 is 0 Å². The van der Waals surface area contributed by atoms with Crippen LogP contribution in [0.3, 0.4) is 0 Å². The number of rotatable bonds is 4. The van der Waals surface area contributed by atoms with Crippen molar-refractivity contribution in [2.24, 2.45) is 0 Å². The fourth-order valence-corrected chi connectivity index (χ4v) is 1.34. The molecule has 0 spiro atoms. The smallest absolute Gasteiger partial charge is 0.271 e. The SMILES string of the molecule is COc1c(C=O)cc([N+](=O)[O-])cc1C(=O)Cl. The van der Waals surface area contributed by atoms with Crippen LogP contribution in [0.2, 0.25) is 0 Å². The number of non-ortho nitro benzene ring substituents is 1. The van der Waals surface area contributed by atoms with Gasteiger partial charge in [-0.15, -0.1) is 0 Å². The third kappa shape index (κ3) is 2.17. The summed E-state index contributed by atoms with van der Waals surface area (Å²) in [5.41, 5.74) is -0.701. The van der Waals surface area contributed by atoms with Gasteiger partial charge in [0, 0.05) is 12.1 Å². The van der Waals surface area contributed by atoms with Crippen LogP contribution in [0.5, 0.6) is 5.75 Å². The number of nitrogens with zero attached hydrogens (tertiary/aromatic N) is 1. The number of hydrogen-bond acceptors (Lipinski definition) is 5. The van der Waals surface area contributed by atoms with Crippen LogP contribution in [0.15, 0.2) is 12.1 Å². The lowest BCUT2D eigenvalue weighted by atomic mass is 10.1. The number of hydrogen-bond donors (Lipinski definition) is 0. The first-order valence-electron chi connectivity index (χ1n) is 4.02. The maximum atomic E-state index is 11.0. The van der Waals surface area contributed by atoms with Gasteiger partial charge in [-0.2, -0.15) is 0 Å². The van der Waals surface area contributed by atoms with E-state index in [9.17, 15) is 19.7 Å². The summed E-state index contributed by atoms with van der Waals surface area (Å²) in [4.78, 5) is 31.5. The summed E-state index contributed by atoms with van der Waals surface area (Å²) in [6.07, 6.45) is 0.356. The van der Waals surface area contributed by atoms with E-state index in [0.29, 0.717) is 6.29 Å². The van der Waals surface area contributed by atoms with Gasteiger partial charge in [-0.3, -0.25) is 19.7 Å². The molecule has 16 heavy (non-hydrogen) atoms. The molecule has 0 unspecified atom stereocenters. The molecule has 0 N–H and O–H groups in total. The number of halogens is 1. The number of nitro groups is 1. The number of ether oxygens (including phenoxy) is 1. The number of nitro benzene ring substituents is 1. The zero-order valence-corrected chi connectivity index (χ0v) is 8.85. The van der Waals surface area contributed by atoms with Crippen LogP contribution < -0.4 is 4.74 Å². The molecule has 0 amide bonds. The van der Waals surface area contributed by atoms with Gasteiger partial charge in [-0.25, -0.2) is 0 Å². The van der Waals surface area contributed by atoms with Crippen molar-refractivity contribution >= 4 is 28.8 Å². The molecule has 1 aromatic rings. The first-order chi connectivity index (χ1) is 7.51. The lowest BCUT2D eigenvalue weighted by Crippen LogP contribution is -2.02. The predicted molar refractivity (Wildman–Crippen MR) is 55.2 cm³/mol. The van der Waals surface area contributed by atoms with Gasteiger partial charge in [0.1, 0.15) is 5.75 Å². The summed E-state index contributed by atoms with van der Waals surface area (Å²) >= 11 is 5.24. The fraction of sp³-hybridized carbons (Fsp3) is 0.111. The molecule has 1 rings (SSSR count). The normalized spacial score (nSPS) is 9.62. The second-order valence-corrected chi connectivity index (χ2v) is 3.11. The maximum Gasteiger partial charge on any atom is 0.271 e. The van der Waals surface area contributed by atoms with Crippen molar-refractivity contribution in [1.29, 1.82) is 0 Å². The van der Waals surface area contributed by atoms with Crippen LogP contribution in [0.4, 0.5) is 5.69 Å². The molecule has 0 atom stereocenters. The molecule has 0 aromatic heterocycles. The third-order valence-corrected chi connectivity index (χ3v) is 2.06. The highest BCUT2D eigenvalue weighted by atomic mass is 35.5. The van der Waals surface area contributed by atoms with Crippen LogP contribution in [0, 0.1) is 10.1 Å². The highest BCUT2D eigenvalue weighted by Gasteiger charge is 2.20. The van der Waals surface area contributed by atoms with E-state index in [0.717, 1.165) is 12.1 Å². The highest BCUT2D eigenvalue weighted by Crippen LogP contribution is 2.29. The van der Waals surface area contributed by atoms with Gasteiger partial charge in [0.15, 0.2) is 6.29 Å². The van der Waals surface area contributed by atoms with Crippen LogP contribution >= 0.6 is 11.6 Å². The van der Waals surface area contributed by atoms with Crippen LogP contribution in [-0.2, 0) is 0 Å². The maximum absolute atomic E-state index is 11.0. The van der Waals surface area contributed by atoms with Crippen molar-refractivity contribution in [1.82, 2.24) is 0 Å². The Labute approximate surface area is 94.9 Å². The van der Waals surface area contributed by atoms with E-state index in [1.54, 1.807) is 0 Å². The summed E-state index contributed by atoms with van der Waals surface area (Å²) < 4.78 is 4.80. The molecule has 84 valence electrons. The molecular formula is C9H6ClNO5. The van der Waals surface area contributed by atoms with E-state index in [-0.39, 0.29) is 16.9 Å². The molecule has 0 aliphatic heterocycles. The molecular weight excluding hydrogens is 238 g/mol. The molecule has 1 aromatic carbocycles. The van der Waals surface area contributed by atoms with Crippen LogP contribution in [-0.4, -0.2) is 23.6 Å². The Hall–Kier alpha value is -1.95. The van der Waals surface area contributed by atoms with Gasteiger partial charge in [-0.05, 0) is 11.6 Å². The van der Waals surface area contributed by atoms with Crippen molar-refractivity contribution < 1.29 is 19.2 Å². The quantitative estimate of drug-likeness (QED) is 0.348. The Morgan fingerprint density at radius 3 is 2.56 bits per heavy atom. The van der Waals surface area contributed by atoms with Crippen molar-refractivity contribution in [2.75, 3.05) is 7.11 Å². The summed E-state index contributed by atoms with van der Waals surface area (Å²) in [5.74, 6) is -0.0689. The average molecular weight is 244 g/mol. The Bertz CT molecular complexity index is 471. The average Bonchev–Trinajstić information content (AvgIpc) is 2.26. The minimum absolute atomic E-state index is 0.0689. The fourth-order valence-electron chi connectivity index (χ4n) is 1.20. The molecule has 0 fully saturated rings. The Morgan fingerprint density at radius 1 is 1.56 bits per heavy atom. The van der Waals surface area contributed by atoms with Gasteiger partial charge in [0.25, 0.3) is 10.9 Å². The molecule has 6 nitrogen and oxygen atoms in total. The minimum Gasteiger partial charge on any atom is -0.495 e. The van der Waals surface area contributed by atoms with Crippen molar-refractivity contribution in [3.05, 3.63) is 33.4 Å². The zero-order chi connectivity index (χ0) is 12.3. The van der Waals surface area contributed by atoms with E-state index in [1.165, 1.54) is 7.11 Å². The number of carbonyl (C=O) groups is 2. The van der Waals surface area contributed by atoms with E-state index in [1.807, 2.05) is 0 Å². The van der Waals surface area contributed by atoms with Crippen LogP contribution in [0.25, 0.3) is 0 Å². The van der Waals surface area contributed by atoms with E-state index in [2.05, 4.69) is 0 Å². The summed E-state index contributed by atoms with van der Waals surface area (Å²) in [7, 11) is 1.23. The summed E-state index contributed by atoms with van der Waals surface area (Å²) in [6, 6.07) is 1.97. The number of benzene rings is 1. The highest BCUT2D eigenvalue weighted by molar-refractivity contribution is 6.68. The molecule has 0 saturated carbocycles. The standard InChI is InChI=1S/C9H6ClNO5/c1-16-8-5(4-12)2-6(11(14)15)3-7(8)9(10)13/h2-4H,1H3. The monoisotopic (exact) mass is 243 g/mol. The number of carbonyl (C=O) groups excluding carboxylic acids is 2. The van der Waals surface area contributed by atoms with Gasteiger partial charge in [0.05, 0.1) is 23.2 Å². The lowest BCUT2D eigenvalue weighted by Gasteiger charge is -2.07. The Kier molecular flexibility index (Phi) is 3.57. The second-order valence-electron chi connectivity index (χ2n) is 2.76. The Morgan fingerprint density at radius 2 is 2.19 bits per heavy atom.